The van der Waals surface area contributed by atoms with Gasteiger partial charge in [0, 0.05) is 12.6 Å². The van der Waals surface area contributed by atoms with E-state index in [1.807, 2.05) is 0 Å². The first-order valence-electron chi connectivity index (χ1n) is 8.57. The highest BCUT2D eigenvalue weighted by atomic mass is 15.1. The predicted molar refractivity (Wildman–Crippen MR) is 83.4 cm³/mol. The molecule has 0 spiro atoms. The van der Waals surface area contributed by atoms with Crippen LogP contribution in [0.15, 0.2) is 0 Å². The van der Waals surface area contributed by atoms with Crippen molar-refractivity contribution in [3.63, 3.8) is 0 Å². The molecule has 1 N–H and O–H groups in total. The molecule has 3 atom stereocenters. The van der Waals surface area contributed by atoms with Crippen molar-refractivity contribution in [1.29, 1.82) is 0 Å². The van der Waals surface area contributed by atoms with Crippen LogP contribution in [-0.2, 0) is 0 Å². The Balaban J connectivity index is 1.68. The summed E-state index contributed by atoms with van der Waals surface area (Å²) in [6, 6.07) is 0.802. The van der Waals surface area contributed by atoms with Crippen molar-refractivity contribution in [2.24, 2.45) is 17.8 Å². The Morgan fingerprint density at radius 3 is 2.63 bits per heavy atom. The first-order chi connectivity index (χ1) is 9.15. The van der Waals surface area contributed by atoms with Crippen molar-refractivity contribution in [3.8, 4) is 0 Å². The molecule has 0 aromatic carbocycles. The summed E-state index contributed by atoms with van der Waals surface area (Å²) in [6.07, 6.45) is 9.98. The fraction of sp³-hybridized carbons (Fsp3) is 1.00. The average Bonchev–Trinajstić information content (AvgIpc) is 2.62. The Labute approximate surface area is 120 Å². The van der Waals surface area contributed by atoms with Crippen molar-refractivity contribution < 1.29 is 0 Å². The number of nitrogens with one attached hydrogen (secondary N) is 1. The van der Waals surface area contributed by atoms with Gasteiger partial charge in [-0.25, -0.2) is 0 Å². The monoisotopic (exact) mass is 266 g/mol. The Morgan fingerprint density at radius 1 is 1.05 bits per heavy atom. The van der Waals surface area contributed by atoms with Crippen LogP contribution >= 0.6 is 0 Å². The normalized spacial score (nSPS) is 34.4. The van der Waals surface area contributed by atoms with E-state index in [0.717, 1.165) is 23.8 Å². The second kappa shape index (κ2) is 7.64. The molecule has 2 nitrogen and oxygen atoms in total. The van der Waals surface area contributed by atoms with E-state index in [0.29, 0.717) is 0 Å². The van der Waals surface area contributed by atoms with E-state index in [9.17, 15) is 0 Å². The summed E-state index contributed by atoms with van der Waals surface area (Å²) in [5, 5.41) is 3.88. The summed E-state index contributed by atoms with van der Waals surface area (Å²) in [5.74, 6) is 2.75. The molecule has 1 aliphatic heterocycles. The van der Waals surface area contributed by atoms with Gasteiger partial charge >= 0.3 is 0 Å². The van der Waals surface area contributed by atoms with Crippen LogP contribution in [0.4, 0.5) is 0 Å². The lowest BCUT2D eigenvalue weighted by atomic mass is 9.89. The van der Waals surface area contributed by atoms with Crippen LogP contribution in [-0.4, -0.2) is 37.6 Å². The Bertz CT molecular complexity index is 252. The summed E-state index contributed by atoms with van der Waals surface area (Å²) >= 11 is 0. The van der Waals surface area contributed by atoms with Crippen LogP contribution in [0, 0.1) is 17.8 Å². The molecule has 0 radical (unpaired) electrons. The van der Waals surface area contributed by atoms with Gasteiger partial charge in [0.2, 0.25) is 0 Å². The molecule has 2 fully saturated rings. The highest BCUT2D eigenvalue weighted by Gasteiger charge is 2.22. The number of rotatable bonds is 4. The van der Waals surface area contributed by atoms with E-state index in [4.69, 9.17) is 0 Å². The second-order valence-electron chi connectivity index (χ2n) is 7.39. The first kappa shape index (κ1) is 15.3. The molecular formula is C17H34N2. The molecule has 2 aliphatic rings. The summed E-state index contributed by atoms with van der Waals surface area (Å²) < 4.78 is 0. The molecule has 0 aromatic rings. The molecule has 1 saturated carbocycles. The van der Waals surface area contributed by atoms with Gasteiger partial charge in [0.15, 0.2) is 0 Å². The van der Waals surface area contributed by atoms with E-state index < -0.39 is 0 Å². The fourth-order valence-corrected chi connectivity index (χ4v) is 3.97. The largest absolute Gasteiger partial charge is 0.314 e. The van der Waals surface area contributed by atoms with Crippen molar-refractivity contribution in [2.75, 3.05) is 26.7 Å². The summed E-state index contributed by atoms with van der Waals surface area (Å²) in [7, 11) is 2.27. The van der Waals surface area contributed by atoms with Crippen molar-refractivity contribution in [1.82, 2.24) is 10.2 Å². The highest BCUT2D eigenvalue weighted by Crippen LogP contribution is 2.29. The van der Waals surface area contributed by atoms with Crippen LogP contribution in [0.1, 0.15) is 58.8 Å². The van der Waals surface area contributed by atoms with E-state index in [-0.39, 0.29) is 0 Å². The van der Waals surface area contributed by atoms with Gasteiger partial charge in [0.05, 0.1) is 0 Å². The Kier molecular flexibility index (Phi) is 6.15. The van der Waals surface area contributed by atoms with Gasteiger partial charge in [0.1, 0.15) is 0 Å². The predicted octanol–water partition coefficient (Wildman–Crippen LogP) is 3.52. The maximum Gasteiger partial charge on any atom is 0.00672 e. The van der Waals surface area contributed by atoms with Crippen molar-refractivity contribution >= 4 is 0 Å². The quantitative estimate of drug-likeness (QED) is 0.783. The Hall–Kier alpha value is -0.0800. The smallest absolute Gasteiger partial charge is 0.00672 e. The molecule has 2 rings (SSSR count). The van der Waals surface area contributed by atoms with E-state index in [1.54, 1.807) is 0 Å². The molecule has 1 saturated heterocycles. The lowest BCUT2D eigenvalue weighted by molar-refractivity contribution is 0.201. The standard InChI is InChI=1S/C17H34N2/c1-14(2)16-7-4-8-17(10-9-16)18-12-15-6-5-11-19(3)13-15/h14-18H,4-13H2,1-3H3. The summed E-state index contributed by atoms with van der Waals surface area (Å²) in [4.78, 5) is 2.50. The highest BCUT2D eigenvalue weighted by molar-refractivity contribution is 4.79. The van der Waals surface area contributed by atoms with Gasteiger partial charge < -0.3 is 10.2 Å². The minimum Gasteiger partial charge on any atom is -0.314 e. The van der Waals surface area contributed by atoms with Crippen LogP contribution in [0.25, 0.3) is 0 Å². The number of likely N-dealkylation sites (tertiary alicyclic amines) is 1. The van der Waals surface area contributed by atoms with Crippen molar-refractivity contribution in [2.45, 2.75) is 64.8 Å². The lowest BCUT2D eigenvalue weighted by Gasteiger charge is -2.31. The van der Waals surface area contributed by atoms with E-state index >= 15 is 0 Å². The van der Waals surface area contributed by atoms with E-state index in [2.05, 4.69) is 31.1 Å². The molecular weight excluding hydrogens is 232 g/mol. The molecule has 0 aromatic heterocycles. The van der Waals surface area contributed by atoms with Gasteiger partial charge in [-0.2, -0.15) is 0 Å². The zero-order valence-electron chi connectivity index (χ0n) is 13.3. The molecule has 3 unspecified atom stereocenters. The zero-order valence-corrected chi connectivity index (χ0v) is 13.3. The van der Waals surface area contributed by atoms with Gasteiger partial charge in [-0.05, 0) is 70.0 Å². The van der Waals surface area contributed by atoms with Gasteiger partial charge in [-0.3, -0.25) is 0 Å². The SMILES string of the molecule is CC(C)C1CCCC(NCC2CCCN(C)C2)CC1. The number of hydrogen-bond donors (Lipinski definition) is 1. The molecule has 2 heteroatoms. The van der Waals surface area contributed by atoms with Crippen LogP contribution in [0.2, 0.25) is 0 Å². The van der Waals surface area contributed by atoms with Crippen LogP contribution in [0.3, 0.4) is 0 Å². The number of hydrogen-bond acceptors (Lipinski definition) is 2. The van der Waals surface area contributed by atoms with Crippen LogP contribution < -0.4 is 5.32 Å². The molecule has 0 amide bonds. The molecule has 0 bridgehead atoms. The third kappa shape index (κ3) is 5.07. The summed E-state index contributed by atoms with van der Waals surface area (Å²) in [6.45, 7) is 8.65. The topological polar surface area (TPSA) is 15.3 Å². The Morgan fingerprint density at radius 2 is 1.89 bits per heavy atom. The third-order valence-electron chi connectivity index (χ3n) is 5.37. The lowest BCUT2D eigenvalue weighted by Crippen LogP contribution is -2.40. The van der Waals surface area contributed by atoms with Crippen LogP contribution in [0.5, 0.6) is 0 Å². The fourth-order valence-electron chi connectivity index (χ4n) is 3.97. The second-order valence-corrected chi connectivity index (χ2v) is 7.39. The maximum absolute atomic E-state index is 3.88. The van der Waals surface area contributed by atoms with Gasteiger partial charge in [-0.1, -0.05) is 26.7 Å². The van der Waals surface area contributed by atoms with Gasteiger partial charge in [-0.15, -0.1) is 0 Å². The van der Waals surface area contributed by atoms with Crippen molar-refractivity contribution in [3.05, 3.63) is 0 Å². The average molecular weight is 266 g/mol. The summed E-state index contributed by atoms with van der Waals surface area (Å²) in [5.41, 5.74) is 0. The molecule has 1 heterocycles. The maximum atomic E-state index is 3.88. The number of piperidine rings is 1. The number of nitrogens with zero attached hydrogens (tertiary/aromatic N) is 1. The zero-order chi connectivity index (χ0) is 13.7. The molecule has 19 heavy (non-hydrogen) atoms. The van der Waals surface area contributed by atoms with Gasteiger partial charge in [0.25, 0.3) is 0 Å². The third-order valence-corrected chi connectivity index (χ3v) is 5.37. The first-order valence-corrected chi connectivity index (χ1v) is 8.57. The minimum atomic E-state index is 0.802. The molecule has 112 valence electrons. The molecule has 1 aliphatic carbocycles. The van der Waals surface area contributed by atoms with E-state index in [1.165, 1.54) is 64.6 Å². The minimum absolute atomic E-state index is 0.802.